The standard InChI is InChI=1S/C15H23N3OS3/c1-10-4-5-12-11(8-10)9-13(22-12)14(19)17-18-15(20)16-6-3-7-21-2/h9-10H,3-8H2,1-2H3,(H,17,19)(H2,16,18,20)/t10-/m0/s1. The molecule has 0 bridgehead atoms. The summed E-state index contributed by atoms with van der Waals surface area (Å²) in [5, 5.41) is 3.54. The van der Waals surface area contributed by atoms with E-state index < -0.39 is 0 Å². The van der Waals surface area contributed by atoms with E-state index in [1.165, 1.54) is 16.9 Å². The third-order valence-corrected chi connectivity index (χ3v) is 5.83. The second-order valence-electron chi connectivity index (χ2n) is 5.59. The molecule has 1 amide bonds. The Bertz CT molecular complexity index is 530. The van der Waals surface area contributed by atoms with Crippen LogP contribution in [0.15, 0.2) is 6.07 Å². The molecule has 0 fully saturated rings. The van der Waals surface area contributed by atoms with Gasteiger partial charge in [0.25, 0.3) is 5.91 Å². The largest absolute Gasteiger partial charge is 0.361 e. The van der Waals surface area contributed by atoms with Crippen LogP contribution in [0.25, 0.3) is 0 Å². The number of nitrogens with one attached hydrogen (secondary N) is 3. The number of hydrazine groups is 1. The van der Waals surface area contributed by atoms with Crippen molar-refractivity contribution < 1.29 is 4.79 Å². The molecule has 4 nitrogen and oxygen atoms in total. The molecule has 0 spiro atoms. The van der Waals surface area contributed by atoms with E-state index in [0.29, 0.717) is 11.0 Å². The molecule has 0 aromatic carbocycles. The van der Waals surface area contributed by atoms with Gasteiger partial charge < -0.3 is 5.32 Å². The number of rotatable bonds is 5. The quantitative estimate of drug-likeness (QED) is 0.430. The molecule has 1 atom stereocenters. The molecule has 1 aromatic heterocycles. The molecule has 0 saturated carbocycles. The van der Waals surface area contributed by atoms with Crippen molar-refractivity contribution in [3.05, 3.63) is 21.4 Å². The maximum absolute atomic E-state index is 12.2. The lowest BCUT2D eigenvalue weighted by molar-refractivity contribution is 0.0947. The minimum absolute atomic E-state index is 0.111. The first-order valence-electron chi connectivity index (χ1n) is 7.55. The Morgan fingerprint density at radius 2 is 2.32 bits per heavy atom. The predicted octanol–water partition coefficient (Wildman–Crippen LogP) is 2.73. The van der Waals surface area contributed by atoms with E-state index in [1.54, 1.807) is 11.3 Å². The lowest BCUT2D eigenvalue weighted by Gasteiger charge is -2.16. The Hall–Kier alpha value is -0.790. The zero-order valence-corrected chi connectivity index (χ0v) is 15.5. The Balaban J connectivity index is 1.77. The second kappa shape index (κ2) is 8.74. The topological polar surface area (TPSA) is 53.2 Å². The van der Waals surface area contributed by atoms with Gasteiger partial charge in [-0.25, -0.2) is 0 Å². The van der Waals surface area contributed by atoms with Gasteiger partial charge in [-0.1, -0.05) is 6.92 Å². The molecular weight excluding hydrogens is 334 g/mol. The molecule has 22 heavy (non-hydrogen) atoms. The molecule has 122 valence electrons. The summed E-state index contributed by atoms with van der Waals surface area (Å²) in [7, 11) is 0. The molecule has 1 aliphatic carbocycles. The lowest BCUT2D eigenvalue weighted by Crippen LogP contribution is -2.46. The maximum Gasteiger partial charge on any atom is 0.279 e. The average molecular weight is 358 g/mol. The third kappa shape index (κ3) is 5.14. The Kier molecular flexibility index (Phi) is 6.98. The van der Waals surface area contributed by atoms with Crippen molar-refractivity contribution in [1.29, 1.82) is 0 Å². The van der Waals surface area contributed by atoms with Crippen LogP contribution in [0.5, 0.6) is 0 Å². The van der Waals surface area contributed by atoms with Gasteiger partial charge >= 0.3 is 0 Å². The minimum atomic E-state index is -0.111. The van der Waals surface area contributed by atoms with Crippen molar-refractivity contribution in [2.24, 2.45) is 5.92 Å². The van der Waals surface area contributed by atoms with E-state index in [4.69, 9.17) is 12.2 Å². The highest BCUT2D eigenvalue weighted by molar-refractivity contribution is 7.98. The summed E-state index contributed by atoms with van der Waals surface area (Å²) in [5.41, 5.74) is 6.78. The molecule has 7 heteroatoms. The van der Waals surface area contributed by atoms with Crippen molar-refractivity contribution in [2.45, 2.75) is 32.6 Å². The fourth-order valence-corrected chi connectivity index (χ4v) is 4.15. The predicted molar refractivity (Wildman–Crippen MR) is 99.7 cm³/mol. The van der Waals surface area contributed by atoms with Crippen LogP contribution in [-0.4, -0.2) is 29.6 Å². The van der Waals surface area contributed by atoms with Crippen LogP contribution < -0.4 is 16.2 Å². The summed E-state index contributed by atoms with van der Waals surface area (Å²) in [6.07, 6.45) is 6.53. The number of fused-ring (bicyclic) bond motifs is 1. The van der Waals surface area contributed by atoms with E-state index in [2.05, 4.69) is 29.3 Å². The van der Waals surface area contributed by atoms with E-state index in [9.17, 15) is 4.79 Å². The van der Waals surface area contributed by atoms with Gasteiger partial charge in [0.2, 0.25) is 0 Å². The van der Waals surface area contributed by atoms with Crippen molar-refractivity contribution >= 4 is 46.3 Å². The minimum Gasteiger partial charge on any atom is -0.361 e. The molecule has 1 heterocycles. The van der Waals surface area contributed by atoms with E-state index in [0.717, 1.165) is 36.4 Å². The van der Waals surface area contributed by atoms with Gasteiger partial charge in [0, 0.05) is 11.4 Å². The Labute approximate surface area is 145 Å². The van der Waals surface area contributed by atoms with Crippen LogP contribution in [0.3, 0.4) is 0 Å². The van der Waals surface area contributed by atoms with Gasteiger partial charge in [-0.2, -0.15) is 11.8 Å². The van der Waals surface area contributed by atoms with Crippen LogP contribution in [0, 0.1) is 5.92 Å². The monoisotopic (exact) mass is 357 g/mol. The lowest BCUT2D eigenvalue weighted by atomic mass is 9.90. The van der Waals surface area contributed by atoms with Crippen molar-refractivity contribution in [3.63, 3.8) is 0 Å². The summed E-state index contributed by atoms with van der Waals surface area (Å²) in [4.78, 5) is 14.3. The first-order valence-corrected chi connectivity index (χ1v) is 10.2. The van der Waals surface area contributed by atoms with Crippen LogP contribution in [0.4, 0.5) is 0 Å². The molecular formula is C15H23N3OS3. The van der Waals surface area contributed by atoms with E-state index in [-0.39, 0.29) is 5.91 Å². The molecule has 3 N–H and O–H groups in total. The number of carbonyl (C=O) groups excluding carboxylic acids is 1. The average Bonchev–Trinajstić information content (AvgIpc) is 2.92. The highest BCUT2D eigenvalue weighted by atomic mass is 32.2. The number of aryl methyl sites for hydroxylation is 1. The molecule has 1 aliphatic rings. The van der Waals surface area contributed by atoms with E-state index in [1.807, 2.05) is 17.8 Å². The second-order valence-corrected chi connectivity index (χ2v) is 8.12. The fourth-order valence-electron chi connectivity index (χ4n) is 2.46. The number of amides is 1. The van der Waals surface area contributed by atoms with Gasteiger partial charge in [0.1, 0.15) is 0 Å². The normalized spacial score (nSPS) is 16.7. The zero-order chi connectivity index (χ0) is 15.9. The molecule has 0 radical (unpaired) electrons. The molecule has 0 saturated heterocycles. The van der Waals surface area contributed by atoms with Gasteiger partial charge in [0.15, 0.2) is 5.11 Å². The maximum atomic E-state index is 12.2. The first-order chi connectivity index (χ1) is 10.6. The number of thiophene rings is 1. The summed E-state index contributed by atoms with van der Waals surface area (Å²) < 4.78 is 0. The van der Waals surface area contributed by atoms with Gasteiger partial charge in [-0.05, 0) is 67.5 Å². The number of hydrogen-bond donors (Lipinski definition) is 3. The molecule has 2 rings (SSSR count). The summed E-state index contributed by atoms with van der Waals surface area (Å²) in [6, 6.07) is 2.03. The number of thioether (sulfide) groups is 1. The van der Waals surface area contributed by atoms with Gasteiger partial charge in [-0.3, -0.25) is 15.6 Å². The fraction of sp³-hybridized carbons (Fsp3) is 0.600. The van der Waals surface area contributed by atoms with Crippen molar-refractivity contribution in [2.75, 3.05) is 18.6 Å². The van der Waals surface area contributed by atoms with Crippen LogP contribution in [-0.2, 0) is 12.8 Å². The van der Waals surface area contributed by atoms with Gasteiger partial charge in [-0.15, -0.1) is 11.3 Å². The summed E-state index contributed by atoms with van der Waals surface area (Å²) in [5.74, 6) is 1.70. The van der Waals surface area contributed by atoms with Crippen molar-refractivity contribution in [1.82, 2.24) is 16.2 Å². The first kappa shape index (κ1) is 17.6. The van der Waals surface area contributed by atoms with E-state index >= 15 is 0 Å². The summed E-state index contributed by atoms with van der Waals surface area (Å²) in [6.45, 7) is 3.08. The highest BCUT2D eigenvalue weighted by Gasteiger charge is 2.20. The smallest absolute Gasteiger partial charge is 0.279 e. The third-order valence-electron chi connectivity index (χ3n) is 3.65. The zero-order valence-electron chi connectivity index (χ0n) is 13.0. The highest BCUT2D eigenvalue weighted by Crippen LogP contribution is 2.31. The number of carbonyl (C=O) groups is 1. The number of thiocarbonyl (C=S) groups is 1. The van der Waals surface area contributed by atoms with Crippen molar-refractivity contribution in [3.8, 4) is 0 Å². The van der Waals surface area contributed by atoms with Crippen LogP contribution >= 0.6 is 35.3 Å². The Morgan fingerprint density at radius 3 is 3.09 bits per heavy atom. The molecule has 0 unspecified atom stereocenters. The number of hydrogen-bond acceptors (Lipinski definition) is 4. The molecule has 1 aromatic rings. The summed E-state index contributed by atoms with van der Waals surface area (Å²) >= 11 is 8.55. The van der Waals surface area contributed by atoms with Crippen LogP contribution in [0.1, 0.15) is 39.9 Å². The Morgan fingerprint density at radius 1 is 1.50 bits per heavy atom. The molecule has 0 aliphatic heterocycles. The van der Waals surface area contributed by atoms with Crippen LogP contribution in [0.2, 0.25) is 0 Å². The SMILES string of the molecule is CSCCCNC(=S)NNC(=O)c1cc2c(s1)CC[C@H](C)C2. The van der Waals surface area contributed by atoms with Gasteiger partial charge in [0.05, 0.1) is 4.88 Å².